The van der Waals surface area contributed by atoms with Crippen molar-refractivity contribution >= 4 is 9.84 Å². The van der Waals surface area contributed by atoms with Crippen molar-refractivity contribution in [1.29, 1.82) is 5.26 Å². The number of sulfone groups is 1. The van der Waals surface area contributed by atoms with Crippen LogP contribution in [0.1, 0.15) is 17.5 Å². The third-order valence-electron chi connectivity index (χ3n) is 2.32. The van der Waals surface area contributed by atoms with Gasteiger partial charge in [-0.05, 0) is 18.1 Å². The number of ether oxygens (including phenoxy) is 1. The van der Waals surface area contributed by atoms with Gasteiger partial charge in [0.25, 0.3) is 0 Å². The molecular formula is C12H15NO3S. The van der Waals surface area contributed by atoms with Crippen molar-refractivity contribution < 1.29 is 13.2 Å². The number of methoxy groups -OCH3 is 1. The Bertz CT molecular complexity index is 503. The van der Waals surface area contributed by atoms with Gasteiger partial charge in [-0.3, -0.25) is 0 Å². The Morgan fingerprint density at radius 2 is 2.06 bits per heavy atom. The quantitative estimate of drug-likeness (QED) is 0.721. The van der Waals surface area contributed by atoms with Crippen molar-refractivity contribution in [2.45, 2.75) is 12.2 Å². The number of nitriles is 1. The van der Waals surface area contributed by atoms with Crippen LogP contribution in [0.5, 0.6) is 0 Å². The van der Waals surface area contributed by atoms with Crippen LogP contribution in [0.4, 0.5) is 0 Å². The van der Waals surface area contributed by atoms with E-state index in [2.05, 4.69) is 0 Å². The first-order chi connectivity index (χ1) is 8.09. The molecule has 1 rings (SSSR count). The van der Waals surface area contributed by atoms with E-state index < -0.39 is 9.84 Å². The fourth-order valence-corrected chi connectivity index (χ4v) is 2.92. The fourth-order valence-electron chi connectivity index (χ4n) is 1.49. The largest absolute Gasteiger partial charge is 0.385 e. The van der Waals surface area contributed by atoms with Crippen molar-refractivity contribution in [3.8, 4) is 6.07 Å². The third kappa shape index (κ3) is 4.55. The average Bonchev–Trinajstić information content (AvgIpc) is 2.29. The van der Waals surface area contributed by atoms with Crippen LogP contribution >= 0.6 is 0 Å². The van der Waals surface area contributed by atoms with E-state index in [0.29, 0.717) is 24.2 Å². The minimum atomic E-state index is -3.17. The highest BCUT2D eigenvalue weighted by Crippen LogP contribution is 2.12. The third-order valence-corrected chi connectivity index (χ3v) is 3.98. The molecule has 92 valence electrons. The molecule has 0 spiro atoms. The first kappa shape index (κ1) is 13.7. The molecule has 0 saturated carbocycles. The maximum absolute atomic E-state index is 11.8. The summed E-state index contributed by atoms with van der Waals surface area (Å²) in [6, 6.07) is 8.75. The highest BCUT2D eigenvalue weighted by molar-refractivity contribution is 7.90. The second-order valence-electron chi connectivity index (χ2n) is 3.71. The summed E-state index contributed by atoms with van der Waals surface area (Å²) in [7, 11) is -1.63. The van der Waals surface area contributed by atoms with Gasteiger partial charge in [0, 0.05) is 13.7 Å². The molecule has 0 atom stereocenters. The molecular weight excluding hydrogens is 238 g/mol. The molecule has 0 heterocycles. The number of rotatable bonds is 6. The molecule has 0 radical (unpaired) electrons. The van der Waals surface area contributed by atoms with Crippen LogP contribution in [0.15, 0.2) is 24.3 Å². The molecule has 0 fully saturated rings. The zero-order valence-electron chi connectivity index (χ0n) is 9.72. The summed E-state index contributed by atoms with van der Waals surface area (Å²) in [5.74, 6) is 0.00104. The van der Waals surface area contributed by atoms with Gasteiger partial charge in [-0.1, -0.05) is 18.2 Å². The van der Waals surface area contributed by atoms with Gasteiger partial charge in [0.2, 0.25) is 0 Å². The number of nitrogens with zero attached hydrogens (tertiary/aromatic N) is 1. The molecule has 1 aromatic carbocycles. The van der Waals surface area contributed by atoms with Gasteiger partial charge >= 0.3 is 0 Å². The van der Waals surface area contributed by atoms with Gasteiger partial charge in [-0.25, -0.2) is 8.42 Å². The van der Waals surface area contributed by atoms with Gasteiger partial charge < -0.3 is 4.74 Å². The topological polar surface area (TPSA) is 67.2 Å². The van der Waals surface area contributed by atoms with E-state index in [0.717, 1.165) is 0 Å². The normalized spacial score (nSPS) is 11.1. The molecule has 0 aliphatic carbocycles. The second-order valence-corrected chi connectivity index (χ2v) is 5.89. The van der Waals surface area contributed by atoms with E-state index in [1.807, 2.05) is 6.07 Å². The predicted molar refractivity (Wildman–Crippen MR) is 65.1 cm³/mol. The molecule has 4 nitrogen and oxygen atoms in total. The Kier molecular flexibility index (Phi) is 5.13. The standard InChI is InChI=1S/C12H15NO3S/c1-16-7-4-8-17(14,15)10-12-6-3-2-5-11(12)9-13/h2-3,5-6H,4,7-8,10H2,1H3. The lowest BCUT2D eigenvalue weighted by molar-refractivity contribution is 0.199. The van der Waals surface area contributed by atoms with E-state index in [1.54, 1.807) is 24.3 Å². The summed E-state index contributed by atoms with van der Waals surface area (Å²) in [5, 5.41) is 8.86. The average molecular weight is 253 g/mol. The van der Waals surface area contributed by atoms with Crippen LogP contribution in [0, 0.1) is 11.3 Å². The minimum absolute atomic E-state index is 0.0829. The SMILES string of the molecule is COCCCS(=O)(=O)Cc1ccccc1C#N. The van der Waals surface area contributed by atoms with E-state index in [1.165, 1.54) is 7.11 Å². The maximum Gasteiger partial charge on any atom is 0.154 e. The summed E-state index contributed by atoms with van der Waals surface area (Å²) in [5.41, 5.74) is 0.982. The van der Waals surface area contributed by atoms with Gasteiger partial charge in [0.1, 0.15) is 0 Å². The van der Waals surface area contributed by atoms with Gasteiger partial charge in [-0.2, -0.15) is 5.26 Å². The number of hydrogen-bond donors (Lipinski definition) is 0. The Labute approximate surface area is 102 Å². The molecule has 0 aliphatic rings. The summed E-state index contributed by atoms with van der Waals surface area (Å²) in [4.78, 5) is 0. The molecule has 1 aromatic rings. The Balaban J connectivity index is 2.73. The summed E-state index contributed by atoms with van der Waals surface area (Å²) in [6.45, 7) is 0.430. The molecule has 0 aliphatic heterocycles. The first-order valence-electron chi connectivity index (χ1n) is 5.26. The minimum Gasteiger partial charge on any atom is -0.385 e. The molecule has 0 unspecified atom stereocenters. The maximum atomic E-state index is 11.8. The Morgan fingerprint density at radius 1 is 1.35 bits per heavy atom. The van der Waals surface area contributed by atoms with Crippen molar-refractivity contribution in [2.75, 3.05) is 19.5 Å². The first-order valence-corrected chi connectivity index (χ1v) is 7.08. The molecule has 5 heteroatoms. The zero-order valence-corrected chi connectivity index (χ0v) is 10.5. The second kappa shape index (κ2) is 6.38. The highest BCUT2D eigenvalue weighted by Gasteiger charge is 2.13. The van der Waals surface area contributed by atoms with E-state index in [9.17, 15) is 8.42 Å². The molecule has 0 N–H and O–H groups in total. The fraction of sp³-hybridized carbons (Fsp3) is 0.417. The lowest BCUT2D eigenvalue weighted by atomic mass is 10.1. The highest BCUT2D eigenvalue weighted by atomic mass is 32.2. The number of hydrogen-bond acceptors (Lipinski definition) is 4. The van der Waals surface area contributed by atoms with Gasteiger partial charge in [0.05, 0.1) is 23.1 Å². The smallest absolute Gasteiger partial charge is 0.154 e. The van der Waals surface area contributed by atoms with Crippen LogP contribution in [0.2, 0.25) is 0 Å². The van der Waals surface area contributed by atoms with Crippen molar-refractivity contribution in [1.82, 2.24) is 0 Å². The van der Waals surface area contributed by atoms with Crippen LogP contribution in [0.25, 0.3) is 0 Å². The van der Waals surface area contributed by atoms with Gasteiger partial charge in [0.15, 0.2) is 9.84 Å². The molecule has 0 bridgehead atoms. The van der Waals surface area contributed by atoms with E-state index in [4.69, 9.17) is 10.00 Å². The summed E-state index contributed by atoms with van der Waals surface area (Å²) in [6.07, 6.45) is 0.480. The summed E-state index contributed by atoms with van der Waals surface area (Å²) >= 11 is 0. The molecule has 17 heavy (non-hydrogen) atoms. The summed E-state index contributed by atoms with van der Waals surface area (Å²) < 4.78 is 28.4. The monoisotopic (exact) mass is 253 g/mol. The Hall–Kier alpha value is -1.38. The van der Waals surface area contributed by atoms with Crippen LogP contribution in [-0.2, 0) is 20.3 Å². The lowest BCUT2D eigenvalue weighted by Crippen LogP contribution is -2.11. The molecule has 0 amide bonds. The van der Waals surface area contributed by atoms with Crippen LogP contribution in [0.3, 0.4) is 0 Å². The van der Waals surface area contributed by atoms with Crippen LogP contribution < -0.4 is 0 Å². The Morgan fingerprint density at radius 3 is 2.71 bits per heavy atom. The zero-order chi connectivity index (χ0) is 12.7. The van der Waals surface area contributed by atoms with E-state index in [-0.39, 0.29) is 11.5 Å². The van der Waals surface area contributed by atoms with Gasteiger partial charge in [-0.15, -0.1) is 0 Å². The van der Waals surface area contributed by atoms with Crippen molar-refractivity contribution in [2.24, 2.45) is 0 Å². The number of benzene rings is 1. The van der Waals surface area contributed by atoms with Crippen molar-refractivity contribution in [3.05, 3.63) is 35.4 Å². The lowest BCUT2D eigenvalue weighted by Gasteiger charge is -2.05. The van der Waals surface area contributed by atoms with Crippen LogP contribution in [-0.4, -0.2) is 27.9 Å². The molecule has 0 aromatic heterocycles. The van der Waals surface area contributed by atoms with Crippen molar-refractivity contribution in [3.63, 3.8) is 0 Å². The predicted octanol–water partition coefficient (Wildman–Crippen LogP) is 1.51. The molecule has 0 saturated heterocycles. The van der Waals surface area contributed by atoms with E-state index >= 15 is 0 Å².